The van der Waals surface area contributed by atoms with Gasteiger partial charge in [-0.2, -0.15) is 0 Å². The number of hydrogen-bond donors (Lipinski definition) is 2. The first-order valence-corrected chi connectivity index (χ1v) is 3.79. The maximum absolute atomic E-state index is 8.74. The number of nitrogens with zero attached hydrogens (tertiary/aromatic N) is 2. The number of aliphatic hydroxyl groups is 1. The first-order valence-electron chi connectivity index (χ1n) is 3.79. The molecule has 0 aromatic carbocycles. The number of rotatable bonds is 2. The second-order valence-corrected chi connectivity index (χ2v) is 2.53. The Morgan fingerprint density at radius 3 is 3.17 bits per heavy atom. The van der Waals surface area contributed by atoms with E-state index in [0.717, 1.165) is 16.7 Å². The lowest BCUT2D eigenvalue weighted by Crippen LogP contribution is -1.95. The number of hydrogen-bond acceptors (Lipinski definition) is 3. The standard InChI is InChI=1S/C8H9N3O/c12-4-2-7-8-6(1-3-9-7)10-5-11-8/h1,3,5,12H,2,4H2,(H,10,11). The third-order valence-corrected chi connectivity index (χ3v) is 1.76. The molecule has 62 valence electrons. The number of nitrogens with one attached hydrogen (secondary N) is 1. The van der Waals surface area contributed by atoms with Crippen LogP contribution in [0.2, 0.25) is 0 Å². The van der Waals surface area contributed by atoms with Crippen molar-refractivity contribution in [2.24, 2.45) is 0 Å². The molecule has 2 aromatic heterocycles. The molecule has 0 aliphatic rings. The summed E-state index contributed by atoms with van der Waals surface area (Å²) < 4.78 is 0. The third-order valence-electron chi connectivity index (χ3n) is 1.76. The zero-order valence-electron chi connectivity index (χ0n) is 6.49. The van der Waals surface area contributed by atoms with Crippen molar-refractivity contribution in [3.05, 3.63) is 24.3 Å². The molecule has 0 amide bonds. The Morgan fingerprint density at radius 2 is 2.33 bits per heavy atom. The molecule has 2 N–H and O–H groups in total. The number of H-pyrrole nitrogens is 1. The average molecular weight is 163 g/mol. The highest BCUT2D eigenvalue weighted by Gasteiger charge is 2.02. The summed E-state index contributed by atoms with van der Waals surface area (Å²) >= 11 is 0. The van der Waals surface area contributed by atoms with Crippen molar-refractivity contribution in [3.8, 4) is 0 Å². The van der Waals surface area contributed by atoms with Crippen molar-refractivity contribution in [1.82, 2.24) is 15.0 Å². The van der Waals surface area contributed by atoms with Gasteiger partial charge in [-0.25, -0.2) is 4.98 Å². The van der Waals surface area contributed by atoms with Crippen LogP contribution in [-0.2, 0) is 6.42 Å². The van der Waals surface area contributed by atoms with E-state index in [1.807, 2.05) is 6.07 Å². The molecular formula is C8H9N3O. The summed E-state index contributed by atoms with van der Waals surface area (Å²) in [7, 11) is 0. The van der Waals surface area contributed by atoms with Crippen molar-refractivity contribution in [2.45, 2.75) is 6.42 Å². The maximum atomic E-state index is 8.74. The first kappa shape index (κ1) is 7.24. The molecular weight excluding hydrogens is 154 g/mol. The number of imidazole rings is 1. The van der Waals surface area contributed by atoms with Crippen molar-refractivity contribution in [3.63, 3.8) is 0 Å². The first-order chi connectivity index (χ1) is 5.92. The van der Waals surface area contributed by atoms with E-state index in [-0.39, 0.29) is 6.61 Å². The minimum Gasteiger partial charge on any atom is -0.396 e. The second kappa shape index (κ2) is 2.91. The topological polar surface area (TPSA) is 61.8 Å². The van der Waals surface area contributed by atoms with Crippen LogP contribution in [0.3, 0.4) is 0 Å². The van der Waals surface area contributed by atoms with Gasteiger partial charge in [0.15, 0.2) is 0 Å². The van der Waals surface area contributed by atoms with E-state index in [2.05, 4.69) is 15.0 Å². The number of aliphatic hydroxyl groups excluding tert-OH is 1. The Balaban J connectivity index is 2.57. The molecule has 0 aliphatic carbocycles. The molecule has 2 aromatic rings. The van der Waals surface area contributed by atoms with Crippen molar-refractivity contribution < 1.29 is 5.11 Å². The van der Waals surface area contributed by atoms with Crippen molar-refractivity contribution in [1.29, 1.82) is 0 Å². The largest absolute Gasteiger partial charge is 0.396 e. The van der Waals surface area contributed by atoms with Gasteiger partial charge in [0.05, 0.1) is 17.5 Å². The molecule has 0 bridgehead atoms. The Morgan fingerprint density at radius 1 is 1.42 bits per heavy atom. The van der Waals surface area contributed by atoms with E-state index in [4.69, 9.17) is 5.11 Å². The van der Waals surface area contributed by atoms with Crippen LogP contribution in [0.1, 0.15) is 5.69 Å². The summed E-state index contributed by atoms with van der Waals surface area (Å²) in [4.78, 5) is 11.2. The van der Waals surface area contributed by atoms with Gasteiger partial charge in [0, 0.05) is 19.2 Å². The van der Waals surface area contributed by atoms with E-state index >= 15 is 0 Å². The lowest BCUT2D eigenvalue weighted by molar-refractivity contribution is 0.298. The highest BCUT2D eigenvalue weighted by molar-refractivity contribution is 5.76. The van der Waals surface area contributed by atoms with E-state index in [1.165, 1.54) is 0 Å². The molecule has 4 nitrogen and oxygen atoms in total. The molecule has 0 unspecified atom stereocenters. The molecule has 4 heteroatoms. The summed E-state index contributed by atoms with van der Waals surface area (Å²) in [6.45, 7) is 0.110. The fourth-order valence-electron chi connectivity index (χ4n) is 1.21. The van der Waals surface area contributed by atoms with Crippen LogP contribution < -0.4 is 0 Å². The predicted molar refractivity (Wildman–Crippen MR) is 44.7 cm³/mol. The number of fused-ring (bicyclic) bond motifs is 1. The normalized spacial score (nSPS) is 10.8. The monoisotopic (exact) mass is 163 g/mol. The zero-order chi connectivity index (χ0) is 8.39. The highest BCUT2D eigenvalue weighted by Crippen LogP contribution is 2.11. The smallest absolute Gasteiger partial charge is 0.110 e. The number of pyridine rings is 1. The van der Waals surface area contributed by atoms with Crippen LogP contribution >= 0.6 is 0 Å². The van der Waals surface area contributed by atoms with Gasteiger partial charge in [-0.15, -0.1) is 0 Å². The average Bonchev–Trinajstić information content (AvgIpc) is 2.53. The summed E-state index contributed by atoms with van der Waals surface area (Å²) in [5.74, 6) is 0. The van der Waals surface area contributed by atoms with Crippen LogP contribution in [0.5, 0.6) is 0 Å². The van der Waals surface area contributed by atoms with Gasteiger partial charge < -0.3 is 10.1 Å². The summed E-state index contributed by atoms with van der Waals surface area (Å²) in [5, 5.41) is 8.74. The summed E-state index contributed by atoms with van der Waals surface area (Å²) in [6, 6.07) is 1.86. The summed E-state index contributed by atoms with van der Waals surface area (Å²) in [6.07, 6.45) is 3.90. The van der Waals surface area contributed by atoms with Crippen LogP contribution in [0.15, 0.2) is 18.6 Å². The summed E-state index contributed by atoms with van der Waals surface area (Å²) in [5.41, 5.74) is 2.66. The predicted octanol–water partition coefficient (Wildman–Crippen LogP) is 0.493. The van der Waals surface area contributed by atoms with Crippen molar-refractivity contribution in [2.75, 3.05) is 6.61 Å². The van der Waals surface area contributed by atoms with Gasteiger partial charge in [-0.05, 0) is 6.07 Å². The zero-order valence-corrected chi connectivity index (χ0v) is 6.49. The van der Waals surface area contributed by atoms with Gasteiger partial charge in [-0.3, -0.25) is 4.98 Å². The molecule has 0 saturated carbocycles. The molecule has 0 radical (unpaired) electrons. The van der Waals surface area contributed by atoms with E-state index in [0.29, 0.717) is 6.42 Å². The molecule has 0 saturated heterocycles. The SMILES string of the molecule is OCCc1nccc2[nH]cnc12. The molecule has 0 fully saturated rings. The quantitative estimate of drug-likeness (QED) is 0.677. The van der Waals surface area contributed by atoms with Gasteiger partial charge >= 0.3 is 0 Å². The minimum absolute atomic E-state index is 0.110. The lowest BCUT2D eigenvalue weighted by atomic mass is 10.2. The lowest BCUT2D eigenvalue weighted by Gasteiger charge is -1.96. The third kappa shape index (κ3) is 1.06. The van der Waals surface area contributed by atoms with Crippen LogP contribution in [0, 0.1) is 0 Å². The second-order valence-electron chi connectivity index (χ2n) is 2.53. The van der Waals surface area contributed by atoms with Gasteiger partial charge in [0.25, 0.3) is 0 Å². The molecule has 0 atom stereocenters. The highest BCUT2D eigenvalue weighted by atomic mass is 16.3. The Hall–Kier alpha value is -1.42. The Labute approximate surface area is 69.3 Å². The Kier molecular flexibility index (Phi) is 1.75. The molecule has 2 heterocycles. The van der Waals surface area contributed by atoms with E-state index in [9.17, 15) is 0 Å². The van der Waals surface area contributed by atoms with Gasteiger partial charge in [0.1, 0.15) is 5.52 Å². The van der Waals surface area contributed by atoms with Gasteiger partial charge in [0.2, 0.25) is 0 Å². The fourth-order valence-corrected chi connectivity index (χ4v) is 1.21. The number of aromatic amines is 1. The number of aromatic nitrogens is 3. The molecule has 0 spiro atoms. The maximum Gasteiger partial charge on any atom is 0.110 e. The van der Waals surface area contributed by atoms with Crippen LogP contribution in [0.4, 0.5) is 0 Å². The fraction of sp³-hybridized carbons (Fsp3) is 0.250. The van der Waals surface area contributed by atoms with Gasteiger partial charge in [-0.1, -0.05) is 0 Å². The van der Waals surface area contributed by atoms with Crippen LogP contribution in [-0.4, -0.2) is 26.7 Å². The molecule has 0 aliphatic heterocycles. The minimum atomic E-state index is 0.110. The van der Waals surface area contributed by atoms with Crippen molar-refractivity contribution >= 4 is 11.0 Å². The van der Waals surface area contributed by atoms with E-state index in [1.54, 1.807) is 12.5 Å². The Bertz CT molecular complexity index is 382. The molecule has 2 rings (SSSR count). The molecule has 12 heavy (non-hydrogen) atoms. The van der Waals surface area contributed by atoms with E-state index < -0.39 is 0 Å². The van der Waals surface area contributed by atoms with Crippen LogP contribution in [0.25, 0.3) is 11.0 Å².